The smallest absolute Gasteiger partial charge is 0.240 e. The number of hydrogen-bond acceptors (Lipinski definition) is 6. The van der Waals surface area contributed by atoms with Crippen molar-refractivity contribution in [3.05, 3.63) is 24.3 Å². The largest absolute Gasteiger partial charge is 0.316 e. The standard InChI is InChI=1S/C18H26N2O4S3/c1-14(21)19(2)15-8-10-16(11-9-15)20(27(3,23)24)18(22)7-5-4-6-17-12-13-25-26-17/h8-11,17H,4-7,12-13H2,1-3H3. The van der Waals surface area contributed by atoms with Gasteiger partial charge in [-0.15, -0.1) is 0 Å². The molecule has 1 aromatic rings. The molecule has 1 aliphatic rings. The van der Waals surface area contributed by atoms with Crippen LogP contribution in [0.15, 0.2) is 24.3 Å². The van der Waals surface area contributed by atoms with Gasteiger partial charge in [-0.3, -0.25) is 9.59 Å². The maximum Gasteiger partial charge on any atom is 0.240 e. The Labute approximate surface area is 169 Å². The number of carbonyl (C=O) groups is 2. The van der Waals surface area contributed by atoms with E-state index in [1.54, 1.807) is 31.3 Å². The molecular formula is C18H26N2O4S3. The van der Waals surface area contributed by atoms with E-state index in [2.05, 4.69) is 0 Å². The lowest BCUT2D eigenvalue weighted by Gasteiger charge is -2.22. The summed E-state index contributed by atoms with van der Waals surface area (Å²) in [6.07, 6.45) is 5.11. The van der Waals surface area contributed by atoms with Crippen LogP contribution in [0.4, 0.5) is 11.4 Å². The molecule has 0 radical (unpaired) electrons. The quantitative estimate of drug-likeness (QED) is 0.463. The van der Waals surface area contributed by atoms with Crippen molar-refractivity contribution in [2.45, 2.75) is 44.3 Å². The third-order valence-corrected chi connectivity index (χ3v) is 8.48. The summed E-state index contributed by atoms with van der Waals surface area (Å²) in [5.74, 6) is 0.640. The van der Waals surface area contributed by atoms with Crippen LogP contribution in [0.2, 0.25) is 0 Å². The Morgan fingerprint density at radius 3 is 2.30 bits per heavy atom. The Morgan fingerprint density at radius 2 is 1.78 bits per heavy atom. The molecule has 0 saturated carbocycles. The van der Waals surface area contributed by atoms with Crippen LogP contribution in [0.1, 0.15) is 39.0 Å². The molecule has 0 spiro atoms. The Hall–Kier alpha value is -1.19. The lowest BCUT2D eigenvalue weighted by molar-refractivity contribution is -0.118. The van der Waals surface area contributed by atoms with Gasteiger partial charge in [0.05, 0.1) is 11.9 Å². The van der Waals surface area contributed by atoms with E-state index in [0.717, 1.165) is 23.4 Å². The van der Waals surface area contributed by atoms with Gasteiger partial charge in [0, 0.05) is 37.1 Å². The average Bonchev–Trinajstić information content (AvgIpc) is 3.11. The molecule has 0 aliphatic carbocycles. The van der Waals surface area contributed by atoms with E-state index in [1.165, 1.54) is 24.0 Å². The van der Waals surface area contributed by atoms with E-state index in [4.69, 9.17) is 0 Å². The van der Waals surface area contributed by atoms with E-state index < -0.39 is 15.9 Å². The van der Waals surface area contributed by atoms with E-state index >= 15 is 0 Å². The molecule has 1 heterocycles. The maximum absolute atomic E-state index is 12.6. The first-order chi connectivity index (χ1) is 12.7. The summed E-state index contributed by atoms with van der Waals surface area (Å²) < 4.78 is 25.2. The molecule has 0 bridgehead atoms. The Bertz CT molecular complexity index is 759. The van der Waals surface area contributed by atoms with Gasteiger partial charge in [-0.1, -0.05) is 28.0 Å². The summed E-state index contributed by atoms with van der Waals surface area (Å²) in [5.41, 5.74) is 0.935. The molecule has 6 nitrogen and oxygen atoms in total. The second-order valence-corrected chi connectivity index (χ2v) is 11.2. The molecule has 9 heteroatoms. The fraction of sp³-hybridized carbons (Fsp3) is 0.556. The number of sulfonamides is 1. The minimum absolute atomic E-state index is 0.127. The molecular weight excluding hydrogens is 404 g/mol. The van der Waals surface area contributed by atoms with Gasteiger partial charge in [-0.25, -0.2) is 12.7 Å². The van der Waals surface area contributed by atoms with Gasteiger partial charge in [0.1, 0.15) is 0 Å². The number of anilines is 2. The zero-order chi connectivity index (χ0) is 20.0. The first-order valence-corrected chi connectivity index (χ1v) is 13.1. The van der Waals surface area contributed by atoms with Gasteiger partial charge in [0.25, 0.3) is 0 Å². The summed E-state index contributed by atoms with van der Waals surface area (Å²) >= 11 is 0. The highest BCUT2D eigenvalue weighted by Crippen LogP contribution is 2.40. The topological polar surface area (TPSA) is 74.8 Å². The number of rotatable bonds is 8. The molecule has 1 aliphatic heterocycles. The molecule has 1 aromatic carbocycles. The molecule has 1 unspecified atom stereocenters. The monoisotopic (exact) mass is 430 g/mol. The fourth-order valence-electron chi connectivity index (χ4n) is 2.83. The van der Waals surface area contributed by atoms with Crippen molar-refractivity contribution < 1.29 is 18.0 Å². The summed E-state index contributed by atoms with van der Waals surface area (Å²) in [7, 11) is 1.72. The lowest BCUT2D eigenvalue weighted by atomic mass is 10.1. The lowest BCUT2D eigenvalue weighted by Crippen LogP contribution is -2.36. The normalized spacial score (nSPS) is 16.9. The summed E-state index contributed by atoms with van der Waals surface area (Å²) in [4.78, 5) is 25.5. The number of amides is 2. The van der Waals surface area contributed by atoms with Crippen LogP contribution in [0, 0.1) is 0 Å². The summed E-state index contributed by atoms with van der Waals surface area (Å²) in [6, 6.07) is 6.38. The zero-order valence-electron chi connectivity index (χ0n) is 15.9. The third-order valence-electron chi connectivity index (χ3n) is 4.40. The Kier molecular flexibility index (Phi) is 8.05. The second-order valence-electron chi connectivity index (χ2n) is 6.59. The molecule has 2 rings (SSSR count). The van der Waals surface area contributed by atoms with E-state index in [0.29, 0.717) is 23.0 Å². The molecule has 2 amide bonds. The fourth-order valence-corrected chi connectivity index (χ4v) is 6.82. The number of hydrogen-bond donors (Lipinski definition) is 0. The van der Waals surface area contributed by atoms with Crippen LogP contribution in [0.5, 0.6) is 0 Å². The van der Waals surface area contributed by atoms with Gasteiger partial charge in [0.2, 0.25) is 21.8 Å². The minimum Gasteiger partial charge on any atom is -0.316 e. The summed E-state index contributed by atoms with van der Waals surface area (Å²) in [6.45, 7) is 1.45. The van der Waals surface area contributed by atoms with Gasteiger partial charge in [-0.05, 0) is 43.5 Å². The van der Waals surface area contributed by atoms with Crippen molar-refractivity contribution in [1.82, 2.24) is 0 Å². The maximum atomic E-state index is 12.6. The average molecular weight is 431 g/mol. The van der Waals surface area contributed by atoms with Gasteiger partial charge < -0.3 is 4.90 Å². The van der Waals surface area contributed by atoms with Crippen LogP contribution in [-0.2, 0) is 19.6 Å². The molecule has 0 aromatic heterocycles. The molecule has 1 saturated heterocycles. The summed E-state index contributed by atoms with van der Waals surface area (Å²) in [5, 5.41) is 0.655. The number of carbonyl (C=O) groups excluding carboxylic acids is 2. The van der Waals surface area contributed by atoms with Crippen LogP contribution >= 0.6 is 21.6 Å². The highest BCUT2D eigenvalue weighted by Gasteiger charge is 2.25. The zero-order valence-corrected chi connectivity index (χ0v) is 18.3. The van der Waals surface area contributed by atoms with Crippen molar-refractivity contribution in [3.63, 3.8) is 0 Å². The van der Waals surface area contributed by atoms with Crippen molar-refractivity contribution in [3.8, 4) is 0 Å². The number of unbranched alkanes of at least 4 members (excludes halogenated alkanes) is 1. The van der Waals surface area contributed by atoms with Gasteiger partial charge >= 0.3 is 0 Å². The van der Waals surface area contributed by atoms with E-state index in [1.807, 2.05) is 21.6 Å². The molecule has 0 N–H and O–H groups in total. The third kappa shape index (κ3) is 6.43. The van der Waals surface area contributed by atoms with Crippen LogP contribution in [0.3, 0.4) is 0 Å². The highest BCUT2D eigenvalue weighted by molar-refractivity contribution is 8.77. The van der Waals surface area contributed by atoms with Crippen LogP contribution in [-0.4, -0.2) is 44.5 Å². The van der Waals surface area contributed by atoms with Gasteiger partial charge in [-0.2, -0.15) is 0 Å². The molecule has 1 atom stereocenters. The van der Waals surface area contributed by atoms with Crippen molar-refractivity contribution in [2.24, 2.45) is 0 Å². The Morgan fingerprint density at radius 1 is 1.15 bits per heavy atom. The second kappa shape index (κ2) is 9.84. The highest BCUT2D eigenvalue weighted by atomic mass is 33.1. The predicted octanol–water partition coefficient (Wildman–Crippen LogP) is 3.68. The first-order valence-electron chi connectivity index (χ1n) is 8.86. The predicted molar refractivity (Wildman–Crippen MR) is 115 cm³/mol. The molecule has 1 fully saturated rings. The molecule has 27 heavy (non-hydrogen) atoms. The molecule has 150 valence electrons. The van der Waals surface area contributed by atoms with E-state index in [9.17, 15) is 18.0 Å². The SMILES string of the molecule is CC(=O)N(C)c1ccc(N(C(=O)CCCCC2CCSS2)S(C)(=O)=O)cc1. The first kappa shape index (κ1) is 22.1. The minimum atomic E-state index is -3.72. The Balaban J connectivity index is 2.01. The van der Waals surface area contributed by atoms with Gasteiger partial charge in [0.15, 0.2) is 0 Å². The van der Waals surface area contributed by atoms with E-state index in [-0.39, 0.29) is 12.3 Å². The number of benzene rings is 1. The van der Waals surface area contributed by atoms with Crippen molar-refractivity contribution in [1.29, 1.82) is 0 Å². The number of nitrogens with zero attached hydrogens (tertiary/aromatic N) is 2. The van der Waals surface area contributed by atoms with Crippen molar-refractivity contribution >= 4 is 54.8 Å². The van der Waals surface area contributed by atoms with Crippen molar-refractivity contribution in [2.75, 3.05) is 28.3 Å². The van der Waals surface area contributed by atoms with Crippen LogP contribution < -0.4 is 9.21 Å². The van der Waals surface area contributed by atoms with Crippen LogP contribution in [0.25, 0.3) is 0 Å².